The molecule has 0 aliphatic heterocycles. The molecule has 100 valence electrons. The number of nitrogens with two attached hydrogens (primary N) is 1. The minimum Gasteiger partial charge on any atom is -0.365 e. The van der Waals surface area contributed by atoms with Gasteiger partial charge in [0.1, 0.15) is 0 Å². The Labute approximate surface area is 122 Å². The first-order valence-corrected chi connectivity index (χ1v) is 7.17. The highest BCUT2D eigenvalue weighted by molar-refractivity contribution is 9.10. The molecule has 1 aromatic heterocycles. The lowest BCUT2D eigenvalue weighted by Crippen LogP contribution is -2.23. The molecule has 2 aromatic rings. The van der Waals surface area contributed by atoms with E-state index < -0.39 is 0 Å². The lowest BCUT2D eigenvalue weighted by atomic mass is 10.2. The summed E-state index contributed by atoms with van der Waals surface area (Å²) in [6, 6.07) is 12.3. The van der Waals surface area contributed by atoms with Crippen molar-refractivity contribution in [1.29, 1.82) is 0 Å². The second-order valence-electron chi connectivity index (χ2n) is 4.33. The van der Waals surface area contributed by atoms with Crippen molar-refractivity contribution in [3.63, 3.8) is 0 Å². The zero-order chi connectivity index (χ0) is 13.7. The van der Waals surface area contributed by atoms with E-state index in [1.165, 1.54) is 5.69 Å². The van der Waals surface area contributed by atoms with Crippen LogP contribution in [0.4, 0.5) is 5.69 Å². The summed E-state index contributed by atoms with van der Waals surface area (Å²) >= 11 is 3.63. The van der Waals surface area contributed by atoms with Crippen LogP contribution in [-0.2, 0) is 13.1 Å². The lowest BCUT2D eigenvalue weighted by Gasteiger charge is -2.24. The van der Waals surface area contributed by atoms with Crippen molar-refractivity contribution in [2.45, 2.75) is 20.0 Å². The fourth-order valence-corrected chi connectivity index (χ4v) is 2.67. The Morgan fingerprint density at radius 3 is 2.68 bits per heavy atom. The standard InChI is InChI=1S/C15H18BrN3/c1-2-19(11-13-5-3-4-8-18-13)15-7-6-12(10-17)9-14(15)16/h3-9H,2,10-11,17H2,1H3. The van der Waals surface area contributed by atoms with Gasteiger partial charge < -0.3 is 10.6 Å². The average Bonchev–Trinajstić information content (AvgIpc) is 2.46. The van der Waals surface area contributed by atoms with E-state index in [0.717, 1.165) is 28.8 Å². The molecule has 2 rings (SSSR count). The quantitative estimate of drug-likeness (QED) is 0.919. The number of nitrogens with zero attached hydrogens (tertiary/aromatic N) is 2. The van der Waals surface area contributed by atoms with Gasteiger partial charge in [0, 0.05) is 23.8 Å². The number of aromatic nitrogens is 1. The Bertz CT molecular complexity index is 528. The van der Waals surface area contributed by atoms with Crippen LogP contribution in [0, 0.1) is 0 Å². The lowest BCUT2D eigenvalue weighted by molar-refractivity contribution is 0.807. The van der Waals surface area contributed by atoms with E-state index in [-0.39, 0.29) is 0 Å². The van der Waals surface area contributed by atoms with Crippen LogP contribution >= 0.6 is 15.9 Å². The smallest absolute Gasteiger partial charge is 0.0602 e. The first-order valence-electron chi connectivity index (χ1n) is 6.38. The normalized spacial score (nSPS) is 10.5. The van der Waals surface area contributed by atoms with Crippen LogP contribution in [0.3, 0.4) is 0 Å². The molecule has 0 radical (unpaired) electrons. The largest absolute Gasteiger partial charge is 0.365 e. The fourth-order valence-electron chi connectivity index (χ4n) is 1.99. The van der Waals surface area contributed by atoms with Gasteiger partial charge in [0.2, 0.25) is 0 Å². The highest BCUT2D eigenvalue weighted by Crippen LogP contribution is 2.28. The SMILES string of the molecule is CCN(Cc1ccccn1)c1ccc(CN)cc1Br. The molecule has 0 fully saturated rings. The van der Waals surface area contributed by atoms with Crippen molar-refractivity contribution < 1.29 is 0 Å². The topological polar surface area (TPSA) is 42.2 Å². The van der Waals surface area contributed by atoms with Crippen molar-refractivity contribution in [1.82, 2.24) is 4.98 Å². The Morgan fingerprint density at radius 1 is 1.26 bits per heavy atom. The van der Waals surface area contributed by atoms with Gasteiger partial charge in [0.25, 0.3) is 0 Å². The van der Waals surface area contributed by atoms with Crippen molar-refractivity contribution in [2.24, 2.45) is 5.73 Å². The second kappa shape index (κ2) is 6.68. The summed E-state index contributed by atoms with van der Waals surface area (Å²) in [6.07, 6.45) is 1.83. The molecule has 19 heavy (non-hydrogen) atoms. The second-order valence-corrected chi connectivity index (χ2v) is 5.18. The van der Waals surface area contributed by atoms with Crippen molar-refractivity contribution in [3.05, 3.63) is 58.3 Å². The third-order valence-electron chi connectivity index (χ3n) is 3.05. The molecular weight excluding hydrogens is 302 g/mol. The van der Waals surface area contributed by atoms with Gasteiger partial charge in [-0.3, -0.25) is 4.98 Å². The van der Waals surface area contributed by atoms with E-state index in [9.17, 15) is 0 Å². The van der Waals surface area contributed by atoms with E-state index >= 15 is 0 Å². The van der Waals surface area contributed by atoms with Gasteiger partial charge in [-0.15, -0.1) is 0 Å². The molecule has 0 aliphatic rings. The first-order chi connectivity index (χ1) is 9.24. The molecule has 0 bridgehead atoms. The number of hydrogen-bond acceptors (Lipinski definition) is 3. The van der Waals surface area contributed by atoms with Gasteiger partial charge in [-0.25, -0.2) is 0 Å². The summed E-state index contributed by atoms with van der Waals surface area (Å²) in [6.45, 7) is 4.44. The third kappa shape index (κ3) is 3.55. The minimum absolute atomic E-state index is 0.561. The molecule has 4 heteroatoms. The van der Waals surface area contributed by atoms with Crippen molar-refractivity contribution in [3.8, 4) is 0 Å². The Hall–Kier alpha value is -1.39. The maximum Gasteiger partial charge on any atom is 0.0602 e. The monoisotopic (exact) mass is 319 g/mol. The van der Waals surface area contributed by atoms with E-state index in [0.29, 0.717) is 6.54 Å². The van der Waals surface area contributed by atoms with Gasteiger partial charge >= 0.3 is 0 Å². The molecule has 1 heterocycles. The van der Waals surface area contributed by atoms with Gasteiger partial charge in [-0.1, -0.05) is 12.1 Å². The first kappa shape index (κ1) is 14.0. The number of halogens is 1. The van der Waals surface area contributed by atoms with Crippen LogP contribution in [0.5, 0.6) is 0 Å². The third-order valence-corrected chi connectivity index (χ3v) is 3.68. The molecule has 3 nitrogen and oxygen atoms in total. The summed E-state index contributed by atoms with van der Waals surface area (Å²) in [4.78, 5) is 6.66. The molecule has 0 saturated heterocycles. The molecule has 0 saturated carbocycles. The molecule has 0 atom stereocenters. The predicted molar refractivity (Wildman–Crippen MR) is 83.0 cm³/mol. The Morgan fingerprint density at radius 2 is 2.11 bits per heavy atom. The van der Waals surface area contributed by atoms with E-state index in [1.54, 1.807) is 0 Å². The Balaban J connectivity index is 2.22. The average molecular weight is 320 g/mol. The van der Waals surface area contributed by atoms with Crippen molar-refractivity contribution in [2.75, 3.05) is 11.4 Å². The molecular formula is C15H18BrN3. The molecule has 2 N–H and O–H groups in total. The number of anilines is 1. The Kier molecular flexibility index (Phi) is 4.93. The molecule has 0 unspecified atom stereocenters. The van der Waals surface area contributed by atoms with Crippen molar-refractivity contribution >= 4 is 21.6 Å². The van der Waals surface area contributed by atoms with Crippen LogP contribution in [0.1, 0.15) is 18.2 Å². The minimum atomic E-state index is 0.561. The number of pyridine rings is 1. The number of rotatable bonds is 5. The number of benzene rings is 1. The zero-order valence-corrected chi connectivity index (χ0v) is 12.6. The molecule has 0 amide bonds. The van der Waals surface area contributed by atoms with Crippen LogP contribution in [0.2, 0.25) is 0 Å². The van der Waals surface area contributed by atoms with E-state index in [1.807, 2.05) is 24.4 Å². The van der Waals surface area contributed by atoms with Crippen LogP contribution in [0.15, 0.2) is 47.1 Å². The fraction of sp³-hybridized carbons (Fsp3) is 0.267. The highest BCUT2D eigenvalue weighted by atomic mass is 79.9. The van der Waals surface area contributed by atoms with Gasteiger partial charge in [0.05, 0.1) is 17.9 Å². The maximum atomic E-state index is 5.66. The summed E-state index contributed by atoms with van der Waals surface area (Å²) in [5, 5.41) is 0. The van der Waals surface area contributed by atoms with Crippen LogP contribution in [0.25, 0.3) is 0 Å². The molecule has 1 aromatic carbocycles. The van der Waals surface area contributed by atoms with Crippen LogP contribution < -0.4 is 10.6 Å². The summed E-state index contributed by atoms with van der Waals surface area (Å²) in [7, 11) is 0. The maximum absolute atomic E-state index is 5.66. The number of hydrogen-bond donors (Lipinski definition) is 1. The van der Waals surface area contributed by atoms with Gasteiger partial charge in [-0.2, -0.15) is 0 Å². The molecule has 0 aliphatic carbocycles. The molecule has 0 spiro atoms. The van der Waals surface area contributed by atoms with Crippen LogP contribution in [-0.4, -0.2) is 11.5 Å². The van der Waals surface area contributed by atoms with E-state index in [2.05, 4.69) is 50.9 Å². The summed E-state index contributed by atoms with van der Waals surface area (Å²) in [5.41, 5.74) is 9.03. The van der Waals surface area contributed by atoms with Gasteiger partial charge in [0.15, 0.2) is 0 Å². The van der Waals surface area contributed by atoms with E-state index in [4.69, 9.17) is 5.73 Å². The summed E-state index contributed by atoms with van der Waals surface area (Å²) in [5.74, 6) is 0. The highest BCUT2D eigenvalue weighted by Gasteiger charge is 2.10. The zero-order valence-electron chi connectivity index (χ0n) is 11.0. The summed E-state index contributed by atoms with van der Waals surface area (Å²) < 4.78 is 1.08. The van der Waals surface area contributed by atoms with Gasteiger partial charge in [-0.05, 0) is 52.7 Å². The predicted octanol–water partition coefficient (Wildman–Crippen LogP) is 3.33.